The molecular weight excluding hydrogens is 212 g/mol. The van der Waals surface area contributed by atoms with E-state index in [1.54, 1.807) is 38.1 Å². The molecule has 1 atom stereocenters. The maximum Gasteiger partial charge on any atom is 0.203 e. The third kappa shape index (κ3) is 1.50. The molecule has 80 valence electrons. The van der Waals surface area contributed by atoms with Crippen molar-refractivity contribution in [1.29, 1.82) is 0 Å². The van der Waals surface area contributed by atoms with Gasteiger partial charge in [-0.15, -0.1) is 0 Å². The quantitative estimate of drug-likeness (QED) is 0.792. The Balaban J connectivity index is 2.65. The summed E-state index contributed by atoms with van der Waals surface area (Å²) >= 11 is 0. The third-order valence-electron chi connectivity index (χ3n) is 2.59. The first-order valence-electron chi connectivity index (χ1n) is 4.68. The molecule has 1 aliphatic heterocycles. The molecule has 1 unspecified atom stereocenters. The Labute approximate surface area is 89.0 Å². The first kappa shape index (κ1) is 10.4. The molecule has 0 bridgehead atoms. The second kappa shape index (κ2) is 3.18. The molecule has 0 radical (unpaired) electrons. The van der Waals surface area contributed by atoms with Gasteiger partial charge in [-0.3, -0.25) is 0 Å². The second-order valence-corrected chi connectivity index (χ2v) is 5.82. The minimum atomic E-state index is -3.25. The molecule has 0 amide bonds. The molecule has 0 spiro atoms. The molecule has 0 saturated carbocycles. The molecule has 0 aromatic heterocycles. The van der Waals surface area contributed by atoms with Crippen LogP contribution in [0.5, 0.6) is 0 Å². The third-order valence-corrected chi connectivity index (χ3v) is 4.50. The van der Waals surface area contributed by atoms with Gasteiger partial charge >= 0.3 is 0 Å². The lowest BCUT2D eigenvalue weighted by Gasteiger charge is -2.06. The molecule has 1 heterocycles. The average molecular weight is 224 g/mol. The van der Waals surface area contributed by atoms with Gasteiger partial charge < -0.3 is 5.11 Å². The minimum Gasteiger partial charge on any atom is -0.389 e. The van der Waals surface area contributed by atoms with Crippen LogP contribution in [0.15, 0.2) is 28.0 Å². The predicted octanol–water partition coefficient (Wildman–Crippen LogP) is 1.89. The van der Waals surface area contributed by atoms with Crippen molar-refractivity contribution < 1.29 is 13.5 Å². The largest absolute Gasteiger partial charge is 0.389 e. The van der Waals surface area contributed by atoms with Crippen molar-refractivity contribution in [2.45, 2.75) is 24.8 Å². The molecule has 0 fully saturated rings. The molecular formula is C11H12O3S. The lowest BCUT2D eigenvalue weighted by molar-refractivity contribution is 0.199. The number of fused-ring (bicyclic) bond motifs is 1. The van der Waals surface area contributed by atoms with Gasteiger partial charge in [0.15, 0.2) is 0 Å². The van der Waals surface area contributed by atoms with Crippen molar-refractivity contribution in [1.82, 2.24) is 0 Å². The van der Waals surface area contributed by atoms with Crippen LogP contribution < -0.4 is 0 Å². The van der Waals surface area contributed by atoms with Crippen molar-refractivity contribution >= 4 is 15.9 Å². The van der Waals surface area contributed by atoms with Crippen LogP contribution in [0.25, 0.3) is 6.08 Å². The normalized spacial score (nSPS) is 19.5. The highest BCUT2D eigenvalue weighted by molar-refractivity contribution is 7.95. The summed E-state index contributed by atoms with van der Waals surface area (Å²) in [5.41, 5.74) is 1.40. The van der Waals surface area contributed by atoms with Crippen molar-refractivity contribution in [3.63, 3.8) is 0 Å². The highest BCUT2D eigenvalue weighted by Gasteiger charge is 2.26. The van der Waals surface area contributed by atoms with Gasteiger partial charge in [0.1, 0.15) is 0 Å². The van der Waals surface area contributed by atoms with Gasteiger partial charge in [0, 0.05) is 4.91 Å². The Bertz CT molecular complexity index is 539. The van der Waals surface area contributed by atoms with Crippen molar-refractivity contribution in [3.8, 4) is 0 Å². The molecule has 1 aromatic rings. The number of aliphatic hydroxyl groups is 1. The smallest absolute Gasteiger partial charge is 0.203 e. The van der Waals surface area contributed by atoms with Gasteiger partial charge in [-0.1, -0.05) is 6.07 Å². The van der Waals surface area contributed by atoms with Crippen LogP contribution in [0.4, 0.5) is 0 Å². The lowest BCUT2D eigenvalue weighted by Crippen LogP contribution is -1.99. The number of sulfone groups is 1. The summed E-state index contributed by atoms with van der Waals surface area (Å²) in [6.07, 6.45) is 1.06. The van der Waals surface area contributed by atoms with Gasteiger partial charge in [0.2, 0.25) is 9.84 Å². The van der Waals surface area contributed by atoms with E-state index in [4.69, 9.17) is 0 Å². The van der Waals surface area contributed by atoms with Gasteiger partial charge in [-0.05, 0) is 43.2 Å². The zero-order chi connectivity index (χ0) is 11.2. The van der Waals surface area contributed by atoms with Crippen LogP contribution in [0.3, 0.4) is 0 Å². The fourth-order valence-electron chi connectivity index (χ4n) is 1.65. The zero-order valence-electron chi connectivity index (χ0n) is 8.56. The van der Waals surface area contributed by atoms with E-state index in [2.05, 4.69) is 0 Å². The molecule has 0 aliphatic carbocycles. The van der Waals surface area contributed by atoms with E-state index in [0.717, 1.165) is 5.56 Å². The minimum absolute atomic E-state index is 0.337. The summed E-state index contributed by atoms with van der Waals surface area (Å²) < 4.78 is 23.5. The lowest BCUT2D eigenvalue weighted by atomic mass is 10.1. The predicted molar refractivity (Wildman–Crippen MR) is 57.9 cm³/mol. The van der Waals surface area contributed by atoms with Crippen LogP contribution >= 0.6 is 0 Å². The summed E-state index contributed by atoms with van der Waals surface area (Å²) in [4.78, 5) is 0.699. The van der Waals surface area contributed by atoms with Crippen LogP contribution in [0, 0.1) is 0 Å². The highest BCUT2D eigenvalue weighted by Crippen LogP contribution is 2.33. The summed E-state index contributed by atoms with van der Waals surface area (Å²) in [6.45, 7) is 3.24. The molecule has 2 rings (SSSR count). The molecule has 15 heavy (non-hydrogen) atoms. The Morgan fingerprint density at radius 3 is 2.60 bits per heavy atom. The fourth-order valence-corrected chi connectivity index (χ4v) is 2.96. The summed E-state index contributed by atoms with van der Waals surface area (Å²) in [6, 6.07) is 4.92. The van der Waals surface area contributed by atoms with E-state index >= 15 is 0 Å². The number of hydrogen-bond acceptors (Lipinski definition) is 3. The number of aliphatic hydroxyl groups excluding tert-OH is 1. The molecule has 1 aliphatic rings. The topological polar surface area (TPSA) is 54.4 Å². The molecule has 3 nitrogen and oxygen atoms in total. The summed E-state index contributed by atoms with van der Waals surface area (Å²) in [5.74, 6) is 0. The summed E-state index contributed by atoms with van der Waals surface area (Å²) in [7, 11) is -3.25. The highest BCUT2D eigenvalue weighted by atomic mass is 32.2. The van der Waals surface area contributed by atoms with Gasteiger partial charge in [0.25, 0.3) is 0 Å². The first-order valence-corrected chi connectivity index (χ1v) is 6.16. The van der Waals surface area contributed by atoms with E-state index in [0.29, 0.717) is 15.4 Å². The van der Waals surface area contributed by atoms with Crippen LogP contribution in [-0.4, -0.2) is 13.5 Å². The maximum absolute atomic E-state index is 11.7. The Morgan fingerprint density at radius 1 is 1.33 bits per heavy atom. The van der Waals surface area contributed by atoms with E-state index in [9.17, 15) is 13.5 Å². The van der Waals surface area contributed by atoms with Crippen LogP contribution in [0.2, 0.25) is 0 Å². The maximum atomic E-state index is 11.7. The summed E-state index contributed by atoms with van der Waals surface area (Å²) in [5, 5.41) is 9.38. The molecule has 1 aromatic carbocycles. The second-order valence-electron chi connectivity index (χ2n) is 3.73. The first-order chi connectivity index (χ1) is 6.93. The SMILES string of the molecule is CC1=Cc2cc(C(C)O)ccc2S1(=O)=O. The van der Waals surface area contributed by atoms with Gasteiger partial charge in [-0.2, -0.15) is 0 Å². The Kier molecular flexibility index (Phi) is 2.20. The van der Waals surface area contributed by atoms with E-state index < -0.39 is 15.9 Å². The Morgan fingerprint density at radius 2 is 2.00 bits per heavy atom. The monoisotopic (exact) mass is 224 g/mol. The molecule has 0 saturated heterocycles. The zero-order valence-corrected chi connectivity index (χ0v) is 9.38. The fraction of sp³-hybridized carbons (Fsp3) is 0.273. The van der Waals surface area contributed by atoms with Gasteiger partial charge in [-0.25, -0.2) is 8.42 Å². The average Bonchev–Trinajstić information content (AvgIpc) is 2.38. The number of hydrogen-bond donors (Lipinski definition) is 1. The van der Waals surface area contributed by atoms with Crippen molar-refractivity contribution in [2.75, 3.05) is 0 Å². The van der Waals surface area contributed by atoms with E-state index in [1.807, 2.05) is 0 Å². The molecule has 1 N–H and O–H groups in total. The van der Waals surface area contributed by atoms with E-state index in [-0.39, 0.29) is 0 Å². The van der Waals surface area contributed by atoms with Gasteiger partial charge in [0.05, 0.1) is 11.0 Å². The number of rotatable bonds is 1. The van der Waals surface area contributed by atoms with Crippen molar-refractivity contribution in [3.05, 3.63) is 34.2 Å². The van der Waals surface area contributed by atoms with Crippen LogP contribution in [0.1, 0.15) is 31.1 Å². The number of benzene rings is 1. The van der Waals surface area contributed by atoms with Crippen molar-refractivity contribution in [2.24, 2.45) is 0 Å². The number of allylic oxidation sites excluding steroid dienone is 1. The van der Waals surface area contributed by atoms with E-state index in [1.165, 1.54) is 0 Å². The molecule has 4 heteroatoms. The van der Waals surface area contributed by atoms with Crippen LogP contribution in [-0.2, 0) is 9.84 Å². The Hall–Kier alpha value is -1.13. The standard InChI is InChI=1S/C11H12O3S/c1-7-5-10-6-9(8(2)12)3-4-11(10)15(7,13)14/h3-6,8,12H,1-2H3.